The largest absolute Gasteiger partial charge is 0.445 e. The van der Waals surface area contributed by atoms with E-state index in [1.165, 1.54) is 11.3 Å². The van der Waals surface area contributed by atoms with Gasteiger partial charge < -0.3 is 10.5 Å². The van der Waals surface area contributed by atoms with Crippen molar-refractivity contribution in [1.29, 1.82) is 0 Å². The molecule has 21 heavy (non-hydrogen) atoms. The van der Waals surface area contributed by atoms with Crippen molar-refractivity contribution >= 4 is 12.0 Å². The van der Waals surface area contributed by atoms with Crippen LogP contribution in [0.25, 0.3) is 0 Å². The highest BCUT2D eigenvalue weighted by Gasteiger charge is 2.27. The van der Waals surface area contributed by atoms with Crippen LogP contribution in [0.4, 0.5) is 4.79 Å². The quantitative estimate of drug-likeness (QED) is 0.905. The number of amides is 2. The lowest BCUT2D eigenvalue weighted by atomic mass is 9.94. The van der Waals surface area contributed by atoms with Crippen LogP contribution >= 0.6 is 0 Å². The van der Waals surface area contributed by atoms with Crippen molar-refractivity contribution in [3.05, 3.63) is 35.9 Å². The molecule has 0 saturated heterocycles. The number of ether oxygens (including phenoxy) is 1. The Morgan fingerprint density at radius 3 is 2.43 bits per heavy atom. The van der Waals surface area contributed by atoms with Crippen LogP contribution < -0.4 is 5.73 Å². The Balaban J connectivity index is 1.94. The van der Waals surface area contributed by atoms with Gasteiger partial charge in [-0.1, -0.05) is 49.6 Å². The van der Waals surface area contributed by atoms with Crippen molar-refractivity contribution in [3.63, 3.8) is 0 Å². The maximum Gasteiger partial charge on any atom is 0.410 e. The first-order chi connectivity index (χ1) is 10.2. The Kier molecular flexibility index (Phi) is 5.60. The second kappa shape index (κ2) is 7.67. The summed E-state index contributed by atoms with van der Waals surface area (Å²) in [5.41, 5.74) is 6.18. The van der Waals surface area contributed by atoms with Gasteiger partial charge in [-0.3, -0.25) is 9.69 Å². The lowest BCUT2D eigenvalue weighted by Crippen LogP contribution is -2.46. The van der Waals surface area contributed by atoms with Gasteiger partial charge >= 0.3 is 6.09 Å². The summed E-state index contributed by atoms with van der Waals surface area (Å²) < 4.78 is 5.32. The normalized spacial score (nSPS) is 15.4. The van der Waals surface area contributed by atoms with Gasteiger partial charge in [0, 0.05) is 6.04 Å². The van der Waals surface area contributed by atoms with Crippen LogP contribution in [-0.2, 0) is 16.1 Å². The third kappa shape index (κ3) is 4.77. The van der Waals surface area contributed by atoms with Gasteiger partial charge in [-0.15, -0.1) is 0 Å². The number of nitrogens with two attached hydrogens (primary N) is 1. The molecule has 5 heteroatoms. The minimum absolute atomic E-state index is 0.0644. The predicted molar refractivity (Wildman–Crippen MR) is 79.4 cm³/mol. The van der Waals surface area contributed by atoms with E-state index < -0.39 is 12.0 Å². The molecule has 0 unspecified atom stereocenters. The molecule has 0 spiro atoms. The molecular weight excluding hydrogens is 268 g/mol. The number of rotatable bonds is 5. The highest BCUT2D eigenvalue weighted by molar-refractivity contribution is 5.81. The first kappa shape index (κ1) is 15.4. The van der Waals surface area contributed by atoms with Crippen LogP contribution in [-0.4, -0.2) is 29.5 Å². The molecular formula is C16H22N2O3. The number of carbonyl (C=O) groups is 2. The monoisotopic (exact) mass is 290 g/mol. The van der Waals surface area contributed by atoms with E-state index >= 15 is 0 Å². The fourth-order valence-electron chi connectivity index (χ4n) is 2.71. The van der Waals surface area contributed by atoms with E-state index in [1.54, 1.807) is 0 Å². The number of nitrogens with zero attached hydrogens (tertiary/aromatic N) is 1. The average Bonchev–Trinajstić information content (AvgIpc) is 2.52. The number of hydrogen-bond donors (Lipinski definition) is 1. The fraction of sp³-hybridized carbons (Fsp3) is 0.500. The third-order valence-corrected chi connectivity index (χ3v) is 3.78. The Morgan fingerprint density at radius 2 is 1.81 bits per heavy atom. The summed E-state index contributed by atoms with van der Waals surface area (Å²) in [6.45, 7) is 0.139. The smallest absolute Gasteiger partial charge is 0.410 e. The summed E-state index contributed by atoms with van der Waals surface area (Å²) >= 11 is 0. The first-order valence-corrected chi connectivity index (χ1v) is 7.42. The van der Waals surface area contributed by atoms with Crippen molar-refractivity contribution in [2.24, 2.45) is 5.73 Å². The minimum atomic E-state index is -0.503. The van der Waals surface area contributed by atoms with Crippen LogP contribution in [0.3, 0.4) is 0 Å². The molecule has 2 amide bonds. The van der Waals surface area contributed by atoms with E-state index in [4.69, 9.17) is 10.5 Å². The van der Waals surface area contributed by atoms with Gasteiger partial charge in [0.2, 0.25) is 5.91 Å². The van der Waals surface area contributed by atoms with Gasteiger partial charge in [0.1, 0.15) is 13.2 Å². The van der Waals surface area contributed by atoms with Crippen LogP contribution in [0.15, 0.2) is 30.3 Å². The van der Waals surface area contributed by atoms with Crippen molar-refractivity contribution in [2.75, 3.05) is 6.54 Å². The zero-order chi connectivity index (χ0) is 15.1. The molecule has 0 bridgehead atoms. The SMILES string of the molecule is NC(=O)CN(C(=O)OCc1ccccc1)C1CCCCC1. The van der Waals surface area contributed by atoms with Gasteiger partial charge in [-0.05, 0) is 18.4 Å². The van der Waals surface area contributed by atoms with Gasteiger partial charge in [0.05, 0.1) is 0 Å². The van der Waals surface area contributed by atoms with Crippen LogP contribution in [0, 0.1) is 0 Å². The molecule has 2 rings (SSSR count). The molecule has 0 aliphatic heterocycles. The van der Waals surface area contributed by atoms with E-state index in [9.17, 15) is 9.59 Å². The lowest BCUT2D eigenvalue weighted by molar-refractivity contribution is -0.119. The zero-order valence-electron chi connectivity index (χ0n) is 12.2. The average molecular weight is 290 g/mol. The highest BCUT2D eigenvalue weighted by atomic mass is 16.6. The molecule has 5 nitrogen and oxygen atoms in total. The second-order valence-electron chi connectivity index (χ2n) is 5.43. The molecule has 1 saturated carbocycles. The summed E-state index contributed by atoms with van der Waals surface area (Å²) in [5, 5.41) is 0. The number of carbonyl (C=O) groups excluding carboxylic acids is 2. The Labute approximate surface area is 125 Å². The molecule has 0 atom stereocenters. The van der Waals surface area contributed by atoms with Gasteiger partial charge in [0.25, 0.3) is 0 Å². The Morgan fingerprint density at radius 1 is 1.14 bits per heavy atom. The lowest BCUT2D eigenvalue weighted by Gasteiger charge is -2.32. The highest BCUT2D eigenvalue weighted by Crippen LogP contribution is 2.23. The summed E-state index contributed by atoms with van der Waals surface area (Å²) in [6, 6.07) is 9.55. The molecule has 1 aromatic carbocycles. The first-order valence-electron chi connectivity index (χ1n) is 7.42. The van der Waals surface area contributed by atoms with Gasteiger partial charge in [-0.2, -0.15) is 0 Å². The topological polar surface area (TPSA) is 72.6 Å². The minimum Gasteiger partial charge on any atom is -0.445 e. The number of primary amides is 1. The van der Waals surface area contributed by atoms with Crippen LogP contribution in [0.2, 0.25) is 0 Å². The van der Waals surface area contributed by atoms with Gasteiger partial charge in [-0.25, -0.2) is 4.79 Å². The number of benzene rings is 1. The second-order valence-corrected chi connectivity index (χ2v) is 5.43. The molecule has 1 aromatic rings. The fourth-order valence-corrected chi connectivity index (χ4v) is 2.71. The maximum atomic E-state index is 12.2. The van der Waals surface area contributed by atoms with Crippen molar-refractivity contribution in [1.82, 2.24) is 4.90 Å². The summed E-state index contributed by atoms with van der Waals surface area (Å²) in [5.74, 6) is -0.503. The number of hydrogen-bond acceptors (Lipinski definition) is 3. The summed E-state index contributed by atoms with van der Waals surface area (Å²) in [4.78, 5) is 24.9. The Bertz CT molecular complexity index is 470. The Hall–Kier alpha value is -2.04. The third-order valence-electron chi connectivity index (χ3n) is 3.78. The molecule has 1 fully saturated rings. The van der Waals surface area contributed by atoms with E-state index in [2.05, 4.69) is 0 Å². The molecule has 1 aliphatic rings. The van der Waals surface area contributed by atoms with Crippen molar-refractivity contribution in [3.8, 4) is 0 Å². The van der Waals surface area contributed by atoms with Gasteiger partial charge in [0.15, 0.2) is 0 Å². The molecule has 2 N–H and O–H groups in total. The van der Waals surface area contributed by atoms with E-state index in [-0.39, 0.29) is 19.2 Å². The van der Waals surface area contributed by atoms with E-state index in [1.807, 2.05) is 30.3 Å². The summed E-state index contributed by atoms with van der Waals surface area (Å²) in [6.07, 6.45) is 4.70. The van der Waals surface area contributed by atoms with Crippen molar-refractivity contribution < 1.29 is 14.3 Å². The molecule has 1 aliphatic carbocycles. The summed E-state index contributed by atoms with van der Waals surface area (Å²) in [7, 11) is 0. The van der Waals surface area contributed by atoms with E-state index in [0.29, 0.717) is 0 Å². The standard InChI is InChI=1S/C16H22N2O3/c17-15(19)11-18(14-9-5-2-6-10-14)16(20)21-12-13-7-3-1-4-8-13/h1,3-4,7-8,14H,2,5-6,9-12H2,(H2,17,19). The molecule has 0 radical (unpaired) electrons. The van der Waals surface area contributed by atoms with E-state index in [0.717, 1.165) is 31.2 Å². The van der Waals surface area contributed by atoms with Crippen molar-refractivity contribution in [2.45, 2.75) is 44.8 Å². The van der Waals surface area contributed by atoms with Crippen LogP contribution in [0.1, 0.15) is 37.7 Å². The zero-order valence-corrected chi connectivity index (χ0v) is 12.2. The molecule has 0 aromatic heterocycles. The molecule has 114 valence electrons. The van der Waals surface area contributed by atoms with Crippen LogP contribution in [0.5, 0.6) is 0 Å². The molecule has 0 heterocycles. The maximum absolute atomic E-state index is 12.2. The predicted octanol–water partition coefficient (Wildman–Crippen LogP) is 2.44.